The molecule has 3 heteroatoms. The van der Waals surface area contributed by atoms with E-state index in [2.05, 4.69) is 0 Å². The number of imide groups is 1. The van der Waals surface area contributed by atoms with Gasteiger partial charge < -0.3 is 0 Å². The topological polar surface area (TPSA) is 37.4 Å². The third-order valence-electron chi connectivity index (χ3n) is 1.43. The molecule has 0 saturated carbocycles. The van der Waals surface area contributed by atoms with Gasteiger partial charge in [-0.15, -0.1) is 0 Å². The Morgan fingerprint density at radius 2 is 2.40 bits per heavy atom. The van der Waals surface area contributed by atoms with Crippen molar-refractivity contribution < 1.29 is 9.59 Å². The molecule has 1 aliphatic rings. The van der Waals surface area contributed by atoms with E-state index in [0.717, 1.165) is 17.7 Å². The van der Waals surface area contributed by atoms with E-state index in [0.29, 0.717) is 12.8 Å². The second-order valence-corrected chi connectivity index (χ2v) is 2.18. The minimum Gasteiger partial charge on any atom is -0.278 e. The number of hydrogen-bond acceptors (Lipinski definition) is 2. The first-order valence-electron chi connectivity index (χ1n) is 3.27. The van der Waals surface area contributed by atoms with Crippen molar-refractivity contribution in [1.82, 2.24) is 4.90 Å². The Hall–Kier alpha value is -1.12. The molecule has 0 aromatic rings. The van der Waals surface area contributed by atoms with E-state index in [1.54, 1.807) is 0 Å². The van der Waals surface area contributed by atoms with Crippen molar-refractivity contribution in [3.63, 3.8) is 0 Å². The summed E-state index contributed by atoms with van der Waals surface area (Å²) in [6.45, 7) is 0. The summed E-state index contributed by atoms with van der Waals surface area (Å²) in [6, 6.07) is 0. The second kappa shape index (κ2) is 3.15. The monoisotopic (exact) mass is 139 g/mol. The highest BCUT2D eigenvalue weighted by Crippen LogP contribution is 2.05. The average Bonchev–Trinajstić information content (AvgIpc) is 2.13. The molecule has 3 nitrogen and oxygen atoms in total. The molecule has 0 atom stereocenters. The normalized spacial score (nSPS) is 18.8. The van der Waals surface area contributed by atoms with Crippen LogP contribution in [0, 0.1) is 0 Å². The second-order valence-electron chi connectivity index (χ2n) is 2.18. The summed E-state index contributed by atoms with van der Waals surface area (Å²) in [5.74, 6) is -0.108. The molecular weight excluding hydrogens is 130 g/mol. The minimum atomic E-state index is -0.108. The Bertz CT molecular complexity index is 174. The zero-order valence-corrected chi connectivity index (χ0v) is 5.62. The number of hydrogen-bond donors (Lipinski definition) is 0. The molecule has 10 heavy (non-hydrogen) atoms. The Morgan fingerprint density at radius 1 is 1.60 bits per heavy atom. The fraction of sp³-hybridized carbons (Fsp3) is 0.429. The summed E-state index contributed by atoms with van der Waals surface area (Å²) < 4.78 is 0. The molecule has 0 spiro atoms. The molecule has 0 unspecified atom stereocenters. The van der Waals surface area contributed by atoms with Gasteiger partial charge in [0.2, 0.25) is 12.3 Å². The van der Waals surface area contributed by atoms with Crippen LogP contribution in [0.1, 0.15) is 19.3 Å². The summed E-state index contributed by atoms with van der Waals surface area (Å²) in [5.41, 5.74) is 0. The van der Waals surface area contributed by atoms with Crippen molar-refractivity contribution in [2.75, 3.05) is 0 Å². The fourth-order valence-electron chi connectivity index (χ4n) is 0.865. The van der Waals surface area contributed by atoms with Crippen molar-refractivity contribution in [3.05, 3.63) is 12.3 Å². The maximum Gasteiger partial charge on any atom is 0.233 e. The Balaban J connectivity index is 2.65. The van der Waals surface area contributed by atoms with Crippen molar-refractivity contribution >= 4 is 12.3 Å². The third kappa shape index (κ3) is 1.43. The van der Waals surface area contributed by atoms with E-state index >= 15 is 0 Å². The van der Waals surface area contributed by atoms with E-state index in [-0.39, 0.29) is 5.91 Å². The molecule has 54 valence electrons. The maximum atomic E-state index is 10.9. The van der Waals surface area contributed by atoms with Gasteiger partial charge in [-0.05, 0) is 12.8 Å². The number of carbonyl (C=O) groups is 2. The van der Waals surface area contributed by atoms with E-state index in [4.69, 9.17) is 0 Å². The Morgan fingerprint density at radius 3 is 3.10 bits per heavy atom. The molecule has 0 saturated heterocycles. The van der Waals surface area contributed by atoms with Gasteiger partial charge in [0.25, 0.3) is 0 Å². The van der Waals surface area contributed by atoms with Gasteiger partial charge in [-0.25, -0.2) is 0 Å². The van der Waals surface area contributed by atoms with Crippen LogP contribution >= 0.6 is 0 Å². The molecule has 1 rings (SSSR count). The lowest BCUT2D eigenvalue weighted by Gasteiger charge is -2.05. The van der Waals surface area contributed by atoms with Crippen LogP contribution in [0.5, 0.6) is 0 Å². The number of rotatable bonds is 1. The number of allylic oxidation sites excluding steroid dienone is 1. The van der Waals surface area contributed by atoms with Gasteiger partial charge in [-0.2, -0.15) is 0 Å². The van der Waals surface area contributed by atoms with Gasteiger partial charge in [-0.1, -0.05) is 6.08 Å². The predicted octanol–water partition coefficient (Wildman–Crippen LogP) is 0.669. The van der Waals surface area contributed by atoms with Crippen LogP contribution in [0.3, 0.4) is 0 Å². The van der Waals surface area contributed by atoms with Crippen molar-refractivity contribution in [2.45, 2.75) is 19.3 Å². The summed E-state index contributed by atoms with van der Waals surface area (Å²) in [4.78, 5) is 22.2. The largest absolute Gasteiger partial charge is 0.278 e. The van der Waals surface area contributed by atoms with Gasteiger partial charge in [0, 0.05) is 12.6 Å². The highest BCUT2D eigenvalue weighted by molar-refractivity contribution is 5.87. The average molecular weight is 139 g/mol. The van der Waals surface area contributed by atoms with Crippen LogP contribution in [0.25, 0.3) is 0 Å². The molecule has 1 heterocycles. The first kappa shape index (κ1) is 6.99. The lowest BCUT2D eigenvalue weighted by atomic mass is 10.2. The van der Waals surface area contributed by atoms with Gasteiger partial charge in [0.15, 0.2) is 0 Å². The SMILES string of the molecule is O=CN1C=CCCCC1=O. The molecule has 0 fully saturated rings. The van der Waals surface area contributed by atoms with Crippen LogP contribution in [-0.4, -0.2) is 17.2 Å². The van der Waals surface area contributed by atoms with Crippen molar-refractivity contribution in [3.8, 4) is 0 Å². The summed E-state index contributed by atoms with van der Waals surface area (Å²) in [6.07, 6.45) is 6.12. The predicted molar refractivity (Wildman–Crippen MR) is 35.9 cm³/mol. The molecule has 0 aliphatic carbocycles. The third-order valence-corrected chi connectivity index (χ3v) is 1.43. The molecule has 2 amide bonds. The van der Waals surface area contributed by atoms with E-state index in [1.807, 2.05) is 6.08 Å². The molecule has 0 aromatic heterocycles. The Labute approximate surface area is 59.3 Å². The van der Waals surface area contributed by atoms with Crippen molar-refractivity contribution in [1.29, 1.82) is 0 Å². The van der Waals surface area contributed by atoms with Crippen LogP contribution in [0.2, 0.25) is 0 Å². The van der Waals surface area contributed by atoms with Gasteiger partial charge in [-0.3, -0.25) is 14.5 Å². The zero-order valence-electron chi connectivity index (χ0n) is 5.62. The molecule has 0 bridgehead atoms. The highest BCUT2D eigenvalue weighted by atomic mass is 16.2. The molecule has 0 radical (unpaired) electrons. The van der Waals surface area contributed by atoms with Gasteiger partial charge >= 0.3 is 0 Å². The molecule has 0 N–H and O–H groups in total. The minimum absolute atomic E-state index is 0.108. The zero-order chi connectivity index (χ0) is 7.40. The van der Waals surface area contributed by atoms with Crippen molar-refractivity contribution in [2.24, 2.45) is 0 Å². The lowest BCUT2D eigenvalue weighted by Crippen LogP contribution is -2.22. The molecule has 1 aliphatic heterocycles. The standard InChI is InChI=1S/C7H9NO2/c9-6-8-5-3-1-2-4-7(8)10/h3,5-6H,1-2,4H2. The summed E-state index contributed by atoms with van der Waals surface area (Å²) in [5, 5.41) is 0. The Kier molecular flexibility index (Phi) is 2.20. The first-order chi connectivity index (χ1) is 4.84. The van der Waals surface area contributed by atoms with Gasteiger partial charge in [0.05, 0.1) is 0 Å². The van der Waals surface area contributed by atoms with Crippen LogP contribution in [0.4, 0.5) is 0 Å². The van der Waals surface area contributed by atoms with Gasteiger partial charge in [0.1, 0.15) is 0 Å². The first-order valence-corrected chi connectivity index (χ1v) is 3.27. The van der Waals surface area contributed by atoms with Crippen LogP contribution in [-0.2, 0) is 9.59 Å². The quantitative estimate of drug-likeness (QED) is 0.501. The number of nitrogens with zero attached hydrogens (tertiary/aromatic N) is 1. The summed E-state index contributed by atoms with van der Waals surface area (Å²) in [7, 11) is 0. The number of amides is 2. The fourth-order valence-corrected chi connectivity index (χ4v) is 0.865. The molecule has 0 aromatic carbocycles. The number of carbonyl (C=O) groups excluding carboxylic acids is 2. The van der Waals surface area contributed by atoms with E-state index < -0.39 is 0 Å². The summed E-state index contributed by atoms with van der Waals surface area (Å²) >= 11 is 0. The van der Waals surface area contributed by atoms with Crippen LogP contribution in [0.15, 0.2) is 12.3 Å². The van der Waals surface area contributed by atoms with E-state index in [9.17, 15) is 9.59 Å². The smallest absolute Gasteiger partial charge is 0.233 e. The molecular formula is C7H9NO2. The maximum absolute atomic E-state index is 10.9. The van der Waals surface area contributed by atoms with E-state index in [1.165, 1.54) is 6.20 Å². The lowest BCUT2D eigenvalue weighted by molar-refractivity contribution is -0.134. The highest BCUT2D eigenvalue weighted by Gasteiger charge is 2.10. The van der Waals surface area contributed by atoms with Crippen LogP contribution < -0.4 is 0 Å².